The molecule has 17 heavy (non-hydrogen) atoms. The number of aromatic nitrogens is 2. The smallest absolute Gasteiger partial charge is 0.151 e. The van der Waals surface area contributed by atoms with Gasteiger partial charge in [0.15, 0.2) is 5.82 Å². The average molecular weight is 230 g/mol. The molecule has 1 heterocycles. The number of rotatable bonds is 3. The molecule has 0 aliphatic heterocycles. The lowest BCUT2D eigenvalue weighted by atomic mass is 10.2. The number of aryl methyl sites for hydroxylation is 1. The minimum Gasteiger partial charge on any atom is -0.496 e. The Labute approximate surface area is 99.7 Å². The van der Waals surface area contributed by atoms with Gasteiger partial charge in [-0.05, 0) is 30.7 Å². The maximum absolute atomic E-state index is 5.55. The summed E-state index contributed by atoms with van der Waals surface area (Å²) in [6.07, 6.45) is 3.13. The third kappa shape index (κ3) is 2.63. The molecule has 1 aromatic heterocycles. The fourth-order valence-corrected chi connectivity index (χ4v) is 1.55. The van der Waals surface area contributed by atoms with Gasteiger partial charge in [0.25, 0.3) is 0 Å². The van der Waals surface area contributed by atoms with Crippen molar-refractivity contribution in [1.82, 2.24) is 9.97 Å². The summed E-state index contributed by atoms with van der Waals surface area (Å²) < 4.78 is 5.19. The highest BCUT2D eigenvalue weighted by molar-refractivity contribution is 5.59. The molecule has 0 aliphatic rings. The first-order valence-corrected chi connectivity index (χ1v) is 5.18. The number of ether oxygens (including phenoxy) is 1. The Hall–Kier alpha value is -2.30. The van der Waals surface area contributed by atoms with Crippen molar-refractivity contribution in [3.63, 3.8) is 0 Å². The molecule has 0 bridgehead atoms. The van der Waals surface area contributed by atoms with Crippen molar-refractivity contribution in [3.8, 4) is 5.75 Å². The van der Waals surface area contributed by atoms with Gasteiger partial charge in [0.2, 0.25) is 0 Å². The van der Waals surface area contributed by atoms with E-state index in [4.69, 9.17) is 10.5 Å². The monoisotopic (exact) mass is 230 g/mol. The predicted molar refractivity (Wildman–Crippen MR) is 67.5 cm³/mol. The number of nitrogens with zero attached hydrogens (tertiary/aromatic N) is 2. The molecule has 88 valence electrons. The van der Waals surface area contributed by atoms with Crippen LogP contribution in [0.1, 0.15) is 5.56 Å². The maximum atomic E-state index is 5.55. The molecule has 1 aromatic carbocycles. The third-order valence-electron chi connectivity index (χ3n) is 2.32. The van der Waals surface area contributed by atoms with Crippen LogP contribution in [0.2, 0.25) is 0 Å². The number of hydrogen-bond donors (Lipinski definition) is 2. The summed E-state index contributed by atoms with van der Waals surface area (Å²) in [5.41, 5.74) is 7.52. The van der Waals surface area contributed by atoms with E-state index in [1.165, 1.54) is 6.20 Å². The van der Waals surface area contributed by atoms with Crippen molar-refractivity contribution in [3.05, 3.63) is 36.2 Å². The largest absolute Gasteiger partial charge is 0.496 e. The number of anilines is 3. The first kappa shape index (κ1) is 11.2. The maximum Gasteiger partial charge on any atom is 0.151 e. The van der Waals surface area contributed by atoms with Crippen LogP contribution in [0.15, 0.2) is 30.6 Å². The first-order chi connectivity index (χ1) is 8.19. The Morgan fingerprint density at radius 1 is 1.29 bits per heavy atom. The average Bonchev–Trinajstić information content (AvgIpc) is 2.29. The Morgan fingerprint density at radius 2 is 2.12 bits per heavy atom. The topological polar surface area (TPSA) is 73.1 Å². The van der Waals surface area contributed by atoms with E-state index in [1.54, 1.807) is 13.3 Å². The van der Waals surface area contributed by atoms with E-state index in [1.807, 2.05) is 25.1 Å². The summed E-state index contributed by atoms with van der Waals surface area (Å²) in [6, 6.07) is 5.79. The molecule has 0 saturated heterocycles. The fourth-order valence-electron chi connectivity index (χ4n) is 1.55. The molecule has 0 unspecified atom stereocenters. The van der Waals surface area contributed by atoms with Crippen LogP contribution < -0.4 is 15.8 Å². The van der Waals surface area contributed by atoms with Crippen LogP contribution in [-0.2, 0) is 0 Å². The number of hydrogen-bond acceptors (Lipinski definition) is 5. The van der Waals surface area contributed by atoms with E-state index in [2.05, 4.69) is 15.3 Å². The number of methoxy groups -OCH3 is 1. The van der Waals surface area contributed by atoms with Gasteiger partial charge in [-0.2, -0.15) is 0 Å². The molecule has 2 aromatic rings. The van der Waals surface area contributed by atoms with Gasteiger partial charge in [-0.3, -0.25) is 4.98 Å². The minimum atomic E-state index is 0.389. The molecule has 3 N–H and O–H groups in total. The van der Waals surface area contributed by atoms with Crippen molar-refractivity contribution >= 4 is 17.3 Å². The van der Waals surface area contributed by atoms with Crippen LogP contribution in [0.3, 0.4) is 0 Å². The summed E-state index contributed by atoms with van der Waals surface area (Å²) in [5.74, 6) is 1.86. The summed E-state index contributed by atoms with van der Waals surface area (Å²) in [7, 11) is 1.65. The van der Waals surface area contributed by atoms with Crippen molar-refractivity contribution in [2.24, 2.45) is 0 Å². The fraction of sp³-hybridized carbons (Fsp3) is 0.167. The normalized spacial score (nSPS) is 10.0. The molecular weight excluding hydrogens is 216 g/mol. The summed E-state index contributed by atoms with van der Waals surface area (Å²) in [6.45, 7) is 1.98. The van der Waals surface area contributed by atoms with Gasteiger partial charge in [0.1, 0.15) is 11.6 Å². The molecule has 0 fully saturated rings. The second-order valence-electron chi connectivity index (χ2n) is 3.64. The van der Waals surface area contributed by atoms with E-state index in [0.717, 1.165) is 17.0 Å². The molecule has 0 amide bonds. The lowest BCUT2D eigenvalue weighted by Crippen LogP contribution is -1.98. The molecule has 0 spiro atoms. The number of nitrogens with one attached hydrogen (secondary N) is 1. The summed E-state index contributed by atoms with van der Waals surface area (Å²) >= 11 is 0. The molecule has 2 rings (SSSR count). The van der Waals surface area contributed by atoms with Gasteiger partial charge in [0, 0.05) is 5.69 Å². The van der Waals surface area contributed by atoms with Crippen molar-refractivity contribution in [2.75, 3.05) is 18.2 Å². The zero-order valence-electron chi connectivity index (χ0n) is 9.77. The Bertz CT molecular complexity index is 528. The first-order valence-electron chi connectivity index (χ1n) is 5.18. The van der Waals surface area contributed by atoms with Gasteiger partial charge in [-0.25, -0.2) is 4.98 Å². The predicted octanol–water partition coefficient (Wildman–Crippen LogP) is 2.12. The Morgan fingerprint density at radius 3 is 2.76 bits per heavy atom. The number of benzene rings is 1. The Kier molecular flexibility index (Phi) is 3.09. The minimum absolute atomic E-state index is 0.389. The van der Waals surface area contributed by atoms with Gasteiger partial charge in [-0.15, -0.1) is 0 Å². The van der Waals surface area contributed by atoms with Gasteiger partial charge in [0.05, 0.1) is 19.5 Å². The lowest BCUT2D eigenvalue weighted by Gasteiger charge is -2.09. The summed E-state index contributed by atoms with van der Waals surface area (Å²) in [4.78, 5) is 8.08. The van der Waals surface area contributed by atoms with Gasteiger partial charge < -0.3 is 15.8 Å². The van der Waals surface area contributed by atoms with Crippen LogP contribution in [-0.4, -0.2) is 17.1 Å². The van der Waals surface area contributed by atoms with Crippen LogP contribution in [0.5, 0.6) is 5.75 Å². The SMILES string of the molecule is COc1ccc(Nc2cncc(N)n2)cc1C. The quantitative estimate of drug-likeness (QED) is 0.844. The lowest BCUT2D eigenvalue weighted by molar-refractivity contribution is 0.412. The highest BCUT2D eigenvalue weighted by Crippen LogP contribution is 2.23. The zero-order valence-corrected chi connectivity index (χ0v) is 9.77. The molecule has 0 saturated carbocycles. The molecule has 0 radical (unpaired) electrons. The standard InChI is InChI=1S/C12H14N4O/c1-8-5-9(3-4-10(8)17-2)15-12-7-14-6-11(13)16-12/h3-7H,1-2H3,(H3,13,15,16). The number of nitrogen functional groups attached to an aromatic ring is 1. The van der Waals surface area contributed by atoms with Gasteiger partial charge in [-0.1, -0.05) is 0 Å². The van der Waals surface area contributed by atoms with Crippen LogP contribution in [0, 0.1) is 6.92 Å². The van der Waals surface area contributed by atoms with Gasteiger partial charge >= 0.3 is 0 Å². The molecular formula is C12H14N4O. The summed E-state index contributed by atoms with van der Waals surface area (Å²) in [5, 5.41) is 3.13. The second kappa shape index (κ2) is 4.69. The van der Waals surface area contributed by atoms with Crippen LogP contribution >= 0.6 is 0 Å². The zero-order chi connectivity index (χ0) is 12.3. The third-order valence-corrected chi connectivity index (χ3v) is 2.32. The van der Waals surface area contributed by atoms with Crippen molar-refractivity contribution in [1.29, 1.82) is 0 Å². The molecule has 5 heteroatoms. The highest BCUT2D eigenvalue weighted by atomic mass is 16.5. The van der Waals surface area contributed by atoms with Crippen LogP contribution in [0.4, 0.5) is 17.3 Å². The van der Waals surface area contributed by atoms with Crippen molar-refractivity contribution < 1.29 is 4.74 Å². The molecule has 0 aliphatic carbocycles. The Balaban J connectivity index is 2.22. The molecule has 0 atom stereocenters. The van der Waals surface area contributed by atoms with Crippen LogP contribution in [0.25, 0.3) is 0 Å². The second-order valence-corrected chi connectivity index (χ2v) is 3.64. The highest BCUT2D eigenvalue weighted by Gasteiger charge is 2.01. The van der Waals surface area contributed by atoms with E-state index >= 15 is 0 Å². The van der Waals surface area contributed by atoms with E-state index in [9.17, 15) is 0 Å². The van der Waals surface area contributed by atoms with E-state index in [-0.39, 0.29) is 0 Å². The van der Waals surface area contributed by atoms with Crippen molar-refractivity contribution in [2.45, 2.75) is 6.92 Å². The molecule has 5 nitrogen and oxygen atoms in total. The van der Waals surface area contributed by atoms with E-state index < -0.39 is 0 Å². The van der Waals surface area contributed by atoms with E-state index in [0.29, 0.717) is 11.6 Å². The number of nitrogens with two attached hydrogens (primary N) is 1.